The second kappa shape index (κ2) is 17.3. The molecule has 2 heterocycles. The van der Waals surface area contributed by atoms with Crippen LogP contribution >= 0.6 is 0 Å². The van der Waals surface area contributed by atoms with Crippen molar-refractivity contribution in [3.8, 4) is 0 Å². The molecule has 14 heteroatoms. The molecule has 5 rings (SSSR count). The van der Waals surface area contributed by atoms with Gasteiger partial charge in [-0.3, -0.25) is 0 Å². The van der Waals surface area contributed by atoms with Gasteiger partial charge in [0, 0.05) is 0 Å². The number of aliphatic hydroxyl groups is 5. The minimum absolute atomic E-state index is 0.110. The zero-order valence-electron chi connectivity index (χ0n) is 28.1. The minimum Gasteiger partial charge on any atom is -0.479 e. The monoisotopic (exact) mass is 696 g/mol. The Morgan fingerprint density at radius 2 is 1.51 bits per heavy atom. The normalized spacial score (nSPS) is 39.6. The van der Waals surface area contributed by atoms with Gasteiger partial charge in [-0.05, 0) is 50.2 Å². The fourth-order valence-electron chi connectivity index (χ4n) is 7.48. The molecule has 2 aliphatic heterocycles. The predicted octanol–water partition coefficient (Wildman–Crippen LogP) is 1.52. The number of esters is 1. The summed E-state index contributed by atoms with van der Waals surface area (Å²) in [5.41, 5.74) is 0.196. The third-order valence-corrected chi connectivity index (χ3v) is 10.4. The molecule has 276 valence electrons. The van der Waals surface area contributed by atoms with E-state index in [1.807, 2.05) is 6.92 Å². The van der Waals surface area contributed by atoms with E-state index in [1.165, 1.54) is 0 Å². The number of carboxylic acids is 1. The Balaban J connectivity index is 1.42. The number of benzene rings is 1. The molecule has 2 saturated carbocycles. The highest BCUT2D eigenvalue weighted by atomic mass is 16.7. The van der Waals surface area contributed by atoms with Crippen molar-refractivity contribution in [2.75, 3.05) is 6.61 Å². The van der Waals surface area contributed by atoms with Crippen LogP contribution in [0.1, 0.15) is 82.0 Å². The maximum absolute atomic E-state index is 13.4. The first kappa shape index (κ1) is 38.0. The van der Waals surface area contributed by atoms with Gasteiger partial charge in [-0.2, -0.15) is 0 Å². The lowest BCUT2D eigenvalue weighted by Crippen LogP contribution is -2.64. The molecule has 6 N–H and O–H groups in total. The molecule has 0 amide bonds. The van der Waals surface area contributed by atoms with Crippen LogP contribution in [0, 0.1) is 11.8 Å². The summed E-state index contributed by atoms with van der Waals surface area (Å²) in [6, 6.07) is 8.13. The van der Waals surface area contributed by atoms with Crippen molar-refractivity contribution in [2.24, 2.45) is 11.8 Å². The van der Waals surface area contributed by atoms with Gasteiger partial charge >= 0.3 is 11.9 Å². The number of hydrogen-bond donors (Lipinski definition) is 6. The Morgan fingerprint density at radius 1 is 0.796 bits per heavy atom. The maximum Gasteiger partial charge on any atom is 0.338 e. The van der Waals surface area contributed by atoms with Gasteiger partial charge in [0.2, 0.25) is 0 Å². The second-order valence-electron chi connectivity index (χ2n) is 14.0. The summed E-state index contributed by atoms with van der Waals surface area (Å²) in [7, 11) is 0. The van der Waals surface area contributed by atoms with Crippen LogP contribution in [0.4, 0.5) is 0 Å². The Kier molecular flexibility index (Phi) is 13.4. The third kappa shape index (κ3) is 9.17. The molecule has 0 spiro atoms. The number of hydrogen-bond acceptors (Lipinski definition) is 13. The van der Waals surface area contributed by atoms with Gasteiger partial charge in [0.15, 0.2) is 24.8 Å². The molecule has 4 fully saturated rings. The van der Waals surface area contributed by atoms with Crippen molar-refractivity contribution in [3.63, 3.8) is 0 Å². The Bertz CT molecular complexity index is 1200. The van der Waals surface area contributed by atoms with E-state index >= 15 is 0 Å². The van der Waals surface area contributed by atoms with Crippen molar-refractivity contribution in [2.45, 2.75) is 151 Å². The Hall–Kier alpha value is -2.24. The average molecular weight is 697 g/mol. The summed E-state index contributed by atoms with van der Waals surface area (Å²) in [5.74, 6) is -2.03. The zero-order chi connectivity index (χ0) is 35.2. The molecule has 1 unspecified atom stereocenters. The number of carboxylic acid groups (broad SMARTS) is 1. The van der Waals surface area contributed by atoms with E-state index < -0.39 is 98.3 Å². The molecule has 49 heavy (non-hydrogen) atoms. The quantitative estimate of drug-likeness (QED) is 0.171. The highest BCUT2D eigenvalue weighted by Crippen LogP contribution is 2.37. The van der Waals surface area contributed by atoms with E-state index in [2.05, 4.69) is 0 Å². The highest BCUT2D eigenvalue weighted by Gasteiger charge is 2.52. The molecular weight excluding hydrogens is 644 g/mol. The zero-order valence-corrected chi connectivity index (χ0v) is 28.1. The van der Waals surface area contributed by atoms with Crippen LogP contribution < -0.4 is 0 Å². The van der Waals surface area contributed by atoms with Gasteiger partial charge in [-0.15, -0.1) is 0 Å². The van der Waals surface area contributed by atoms with Gasteiger partial charge < -0.3 is 59.1 Å². The predicted molar refractivity (Wildman–Crippen MR) is 170 cm³/mol. The Labute approximate surface area is 286 Å². The first-order valence-electron chi connectivity index (χ1n) is 17.6. The number of carbonyl (C=O) groups excluding carboxylic acids is 1. The number of carbonyl (C=O) groups is 2. The third-order valence-electron chi connectivity index (χ3n) is 10.4. The van der Waals surface area contributed by atoms with E-state index in [0.29, 0.717) is 12.8 Å². The summed E-state index contributed by atoms with van der Waals surface area (Å²) >= 11 is 0. The summed E-state index contributed by atoms with van der Waals surface area (Å²) in [6.45, 7) is 2.81. The number of rotatable bonds is 12. The number of ether oxygens (including phenoxy) is 6. The highest BCUT2D eigenvalue weighted by molar-refractivity contribution is 5.89. The fourth-order valence-corrected chi connectivity index (χ4v) is 7.48. The smallest absolute Gasteiger partial charge is 0.338 e. The molecular formula is C35H52O14. The van der Waals surface area contributed by atoms with Crippen molar-refractivity contribution < 1.29 is 68.6 Å². The average Bonchev–Trinajstić information content (AvgIpc) is 3.10. The van der Waals surface area contributed by atoms with Crippen molar-refractivity contribution >= 4 is 11.9 Å². The topological polar surface area (TPSA) is 211 Å². The van der Waals surface area contributed by atoms with Crippen LogP contribution in [-0.2, 0) is 33.2 Å². The lowest BCUT2D eigenvalue weighted by molar-refractivity contribution is -0.348. The summed E-state index contributed by atoms with van der Waals surface area (Å²) in [6.07, 6.45) is -9.64. The van der Waals surface area contributed by atoms with Crippen molar-refractivity contribution in [1.29, 1.82) is 0 Å². The van der Waals surface area contributed by atoms with Crippen LogP contribution in [0.25, 0.3) is 0 Å². The van der Waals surface area contributed by atoms with Crippen LogP contribution in [0.15, 0.2) is 30.3 Å². The van der Waals surface area contributed by atoms with Crippen LogP contribution in [0.2, 0.25) is 0 Å². The fraction of sp³-hybridized carbons (Fsp3) is 0.771. The second-order valence-corrected chi connectivity index (χ2v) is 14.0. The molecule has 0 aromatic heterocycles. The Morgan fingerprint density at radius 3 is 2.18 bits per heavy atom. The van der Waals surface area contributed by atoms with E-state index in [9.17, 15) is 40.2 Å². The van der Waals surface area contributed by atoms with E-state index in [1.54, 1.807) is 37.3 Å². The first-order chi connectivity index (χ1) is 23.5. The van der Waals surface area contributed by atoms with Crippen LogP contribution in [0.3, 0.4) is 0 Å². The first-order valence-corrected chi connectivity index (χ1v) is 17.6. The number of aliphatic hydroxyl groups excluding tert-OH is 5. The molecule has 0 radical (unpaired) electrons. The summed E-state index contributed by atoms with van der Waals surface area (Å²) in [4.78, 5) is 26.0. The molecule has 1 aromatic carbocycles. The largest absolute Gasteiger partial charge is 0.479 e. The van der Waals surface area contributed by atoms with E-state index in [4.69, 9.17) is 28.4 Å². The molecule has 2 saturated heterocycles. The summed E-state index contributed by atoms with van der Waals surface area (Å²) in [5, 5.41) is 63.0. The van der Waals surface area contributed by atoms with Crippen LogP contribution in [0.5, 0.6) is 0 Å². The standard InChI is InChI=1S/C35H52O14/c1-18-10-9-15-22(29(18)49-34-28(40)27(39)25(37)19(2)44-34)46-35-31(48-33(43)21-13-7-4-8-14-21)30(26(38)24(17-36)47-35)45-23(32(41)42)16-20-11-5-3-6-12-20/h4,7-8,13-14,18-20,22-31,34-40H,3,5-6,9-12,15-17H2,1-2H3,(H,41,42)/t18?,19-,22+,23-,24+,25+,26-,27+,28-,29+,30-,31+,34-,35+/m0/s1. The van der Waals surface area contributed by atoms with Gasteiger partial charge in [-0.1, -0.05) is 63.6 Å². The van der Waals surface area contributed by atoms with E-state index in [-0.39, 0.29) is 23.8 Å². The van der Waals surface area contributed by atoms with Crippen molar-refractivity contribution in [3.05, 3.63) is 35.9 Å². The van der Waals surface area contributed by atoms with Gasteiger partial charge in [0.1, 0.15) is 36.6 Å². The van der Waals surface area contributed by atoms with Crippen LogP contribution in [-0.4, -0.2) is 129 Å². The molecule has 14 nitrogen and oxygen atoms in total. The van der Waals surface area contributed by atoms with E-state index in [0.717, 1.165) is 38.5 Å². The molecule has 2 aliphatic carbocycles. The SMILES string of the molecule is CC1CCC[C@@H](O[C@@H]2O[C@H](CO)[C@H](O)[C@H](O[C@@H](CC3CCCCC3)C(=O)O)[C@H]2OC(=O)c2ccccc2)[C@@H]1O[C@@H]1O[C@@H](C)[C@@H](O)[C@@H](O)[C@@H]1O. The van der Waals surface area contributed by atoms with Gasteiger partial charge in [0.05, 0.1) is 30.5 Å². The lowest BCUT2D eigenvalue weighted by Gasteiger charge is -2.47. The molecule has 1 aromatic rings. The molecule has 0 bridgehead atoms. The van der Waals surface area contributed by atoms with Gasteiger partial charge in [0.25, 0.3) is 0 Å². The van der Waals surface area contributed by atoms with Crippen molar-refractivity contribution in [1.82, 2.24) is 0 Å². The molecule has 4 aliphatic rings. The molecule has 14 atom stereocenters. The number of aliphatic carboxylic acids is 1. The maximum atomic E-state index is 13.4. The van der Waals surface area contributed by atoms with Gasteiger partial charge in [-0.25, -0.2) is 9.59 Å². The minimum atomic E-state index is -1.58. The lowest BCUT2D eigenvalue weighted by atomic mass is 9.85. The summed E-state index contributed by atoms with van der Waals surface area (Å²) < 4.78 is 36.5.